The number of amides is 1. The van der Waals surface area contributed by atoms with E-state index in [0.717, 1.165) is 4.88 Å². The molecule has 2 rings (SSSR count). The molecule has 1 aromatic heterocycles. The van der Waals surface area contributed by atoms with Gasteiger partial charge in [-0.05, 0) is 12.5 Å². The lowest BCUT2D eigenvalue weighted by molar-refractivity contribution is -0.184. The van der Waals surface area contributed by atoms with Crippen molar-refractivity contribution in [1.82, 2.24) is 15.5 Å². The Morgan fingerprint density at radius 3 is 2.70 bits per heavy atom. The van der Waals surface area contributed by atoms with Crippen LogP contribution in [0.2, 0.25) is 5.02 Å². The molecule has 0 aliphatic carbocycles. The van der Waals surface area contributed by atoms with E-state index in [2.05, 4.69) is 10.6 Å². The summed E-state index contributed by atoms with van der Waals surface area (Å²) in [6.45, 7) is 1.30. The smallest absolute Gasteiger partial charge is 0.354 e. The van der Waals surface area contributed by atoms with Crippen molar-refractivity contribution < 1.29 is 18.0 Å². The molecule has 1 unspecified atom stereocenters. The number of thiophene rings is 1. The second-order valence-electron chi connectivity index (χ2n) is 5.38. The van der Waals surface area contributed by atoms with Crippen LogP contribution >= 0.6 is 22.9 Å². The highest BCUT2D eigenvalue weighted by Crippen LogP contribution is 2.25. The van der Waals surface area contributed by atoms with Gasteiger partial charge >= 0.3 is 6.18 Å². The number of halogens is 4. The van der Waals surface area contributed by atoms with E-state index >= 15 is 0 Å². The topological polar surface area (TPSA) is 44.4 Å². The third-order valence-corrected chi connectivity index (χ3v) is 5.03. The molecule has 0 aromatic carbocycles. The van der Waals surface area contributed by atoms with Gasteiger partial charge in [-0.2, -0.15) is 13.2 Å². The van der Waals surface area contributed by atoms with E-state index in [-0.39, 0.29) is 12.3 Å². The van der Waals surface area contributed by atoms with Gasteiger partial charge in [0.1, 0.15) is 6.04 Å². The van der Waals surface area contributed by atoms with Crippen molar-refractivity contribution in [3.8, 4) is 0 Å². The molecule has 1 fully saturated rings. The van der Waals surface area contributed by atoms with Crippen LogP contribution in [-0.4, -0.2) is 55.7 Å². The number of carbonyl (C=O) groups is 1. The lowest BCUT2D eigenvalue weighted by Crippen LogP contribution is -2.57. The van der Waals surface area contributed by atoms with E-state index in [4.69, 9.17) is 11.6 Å². The van der Waals surface area contributed by atoms with Gasteiger partial charge in [0.2, 0.25) is 5.91 Å². The summed E-state index contributed by atoms with van der Waals surface area (Å²) in [5, 5.41) is 7.81. The van der Waals surface area contributed by atoms with E-state index in [1.54, 1.807) is 11.4 Å². The molecule has 1 amide bonds. The zero-order valence-corrected chi connectivity index (χ0v) is 14.0. The summed E-state index contributed by atoms with van der Waals surface area (Å²) in [5.74, 6) is -0.376. The fourth-order valence-corrected chi connectivity index (χ4v) is 3.54. The highest BCUT2D eigenvalue weighted by atomic mass is 35.5. The SMILES string of the molecule is O=C(CCc1cc(Cl)cs1)NCC(N1CCNCC1)C(F)(F)F. The van der Waals surface area contributed by atoms with Crippen molar-refractivity contribution in [2.45, 2.75) is 25.1 Å². The third-order valence-electron chi connectivity index (χ3n) is 3.68. The Morgan fingerprint density at radius 1 is 1.43 bits per heavy atom. The lowest BCUT2D eigenvalue weighted by atomic mass is 10.2. The van der Waals surface area contributed by atoms with Crippen molar-refractivity contribution >= 4 is 28.8 Å². The van der Waals surface area contributed by atoms with Crippen LogP contribution in [0.5, 0.6) is 0 Å². The van der Waals surface area contributed by atoms with Gasteiger partial charge in [-0.3, -0.25) is 9.69 Å². The maximum atomic E-state index is 13.2. The summed E-state index contributed by atoms with van der Waals surface area (Å²) in [6, 6.07) is 0.128. The van der Waals surface area contributed by atoms with Crippen LogP contribution in [0.25, 0.3) is 0 Å². The Morgan fingerprint density at radius 2 is 2.13 bits per heavy atom. The van der Waals surface area contributed by atoms with E-state index in [1.165, 1.54) is 16.2 Å². The Balaban J connectivity index is 1.81. The summed E-state index contributed by atoms with van der Waals surface area (Å²) >= 11 is 7.22. The molecule has 9 heteroatoms. The summed E-state index contributed by atoms with van der Waals surface area (Å²) in [7, 11) is 0. The predicted octanol–water partition coefficient (Wildman–Crippen LogP) is 2.29. The molecule has 1 atom stereocenters. The molecular formula is C14H19ClF3N3OS. The fourth-order valence-electron chi connectivity index (χ4n) is 2.47. The second-order valence-corrected chi connectivity index (χ2v) is 6.81. The minimum Gasteiger partial charge on any atom is -0.354 e. The molecule has 2 heterocycles. The maximum absolute atomic E-state index is 13.2. The van der Waals surface area contributed by atoms with E-state index in [1.807, 2.05) is 0 Å². The maximum Gasteiger partial charge on any atom is 0.405 e. The number of alkyl halides is 3. The highest BCUT2D eigenvalue weighted by molar-refractivity contribution is 7.10. The standard InChI is InChI=1S/C14H19ClF3N3OS/c15-10-7-11(23-9-10)1-2-13(22)20-8-12(14(16,17)18)21-5-3-19-4-6-21/h7,9,12,19H,1-6,8H2,(H,20,22). The quantitative estimate of drug-likeness (QED) is 0.808. The molecule has 130 valence electrons. The van der Waals surface area contributed by atoms with Gasteiger partial charge in [0.05, 0.1) is 5.02 Å². The van der Waals surface area contributed by atoms with E-state index < -0.39 is 18.8 Å². The average Bonchev–Trinajstić information content (AvgIpc) is 2.91. The van der Waals surface area contributed by atoms with Crippen LogP contribution < -0.4 is 10.6 Å². The molecule has 0 radical (unpaired) electrons. The normalized spacial score (nSPS) is 17.9. The summed E-state index contributed by atoms with van der Waals surface area (Å²) < 4.78 is 39.5. The minimum absolute atomic E-state index is 0.156. The molecule has 1 saturated heterocycles. The zero-order chi connectivity index (χ0) is 16.9. The second kappa shape index (κ2) is 8.32. The van der Waals surface area contributed by atoms with Crippen LogP contribution in [0.15, 0.2) is 11.4 Å². The van der Waals surface area contributed by atoms with Gasteiger partial charge in [0, 0.05) is 49.4 Å². The van der Waals surface area contributed by atoms with Crippen molar-refractivity contribution in [3.05, 3.63) is 21.3 Å². The molecule has 0 spiro atoms. The lowest BCUT2D eigenvalue weighted by Gasteiger charge is -2.35. The van der Waals surface area contributed by atoms with Crippen LogP contribution in [0, 0.1) is 0 Å². The third kappa shape index (κ3) is 5.95. The van der Waals surface area contributed by atoms with Crippen molar-refractivity contribution in [1.29, 1.82) is 0 Å². The molecular weight excluding hydrogens is 351 g/mol. The summed E-state index contributed by atoms with van der Waals surface area (Å²) in [4.78, 5) is 14.1. The number of nitrogens with zero attached hydrogens (tertiary/aromatic N) is 1. The monoisotopic (exact) mass is 369 g/mol. The number of aryl methyl sites for hydroxylation is 1. The van der Waals surface area contributed by atoms with Crippen molar-refractivity contribution in [3.63, 3.8) is 0 Å². The molecule has 1 aliphatic rings. The van der Waals surface area contributed by atoms with Crippen LogP contribution in [0.1, 0.15) is 11.3 Å². The Kier molecular flexibility index (Phi) is 6.70. The Bertz CT molecular complexity index is 518. The molecule has 2 N–H and O–H groups in total. The summed E-state index contributed by atoms with van der Waals surface area (Å²) in [5.41, 5.74) is 0. The van der Waals surface area contributed by atoms with Gasteiger partial charge in [-0.1, -0.05) is 11.6 Å². The van der Waals surface area contributed by atoms with E-state index in [9.17, 15) is 18.0 Å². The number of hydrogen-bond donors (Lipinski definition) is 2. The first-order chi connectivity index (χ1) is 10.9. The largest absolute Gasteiger partial charge is 0.405 e. The predicted molar refractivity (Wildman–Crippen MR) is 84.9 cm³/mol. The molecule has 4 nitrogen and oxygen atoms in total. The van der Waals surface area contributed by atoms with Crippen LogP contribution in [0.4, 0.5) is 13.2 Å². The van der Waals surface area contributed by atoms with Gasteiger partial charge in [0.15, 0.2) is 0 Å². The molecule has 0 bridgehead atoms. The number of carbonyl (C=O) groups excluding carboxylic acids is 1. The van der Waals surface area contributed by atoms with E-state index in [0.29, 0.717) is 37.6 Å². The first-order valence-corrected chi connectivity index (χ1v) is 8.63. The molecule has 1 aromatic rings. The van der Waals surface area contributed by atoms with Crippen molar-refractivity contribution in [2.75, 3.05) is 32.7 Å². The molecule has 23 heavy (non-hydrogen) atoms. The Hall–Kier alpha value is -0.830. The molecule has 0 saturated carbocycles. The van der Waals surface area contributed by atoms with Crippen LogP contribution in [0.3, 0.4) is 0 Å². The number of rotatable bonds is 6. The Labute approximate surface area is 142 Å². The first-order valence-electron chi connectivity index (χ1n) is 7.37. The van der Waals surface area contributed by atoms with Gasteiger partial charge in [-0.25, -0.2) is 0 Å². The summed E-state index contributed by atoms with van der Waals surface area (Å²) in [6.07, 6.45) is -3.72. The van der Waals surface area contributed by atoms with Gasteiger partial charge in [0.25, 0.3) is 0 Å². The van der Waals surface area contributed by atoms with Gasteiger partial charge < -0.3 is 10.6 Å². The zero-order valence-electron chi connectivity index (χ0n) is 12.5. The molecule has 1 aliphatic heterocycles. The average molecular weight is 370 g/mol. The number of hydrogen-bond acceptors (Lipinski definition) is 4. The van der Waals surface area contributed by atoms with Crippen molar-refractivity contribution in [2.24, 2.45) is 0 Å². The fraction of sp³-hybridized carbons (Fsp3) is 0.643. The minimum atomic E-state index is -4.36. The number of nitrogens with one attached hydrogen (secondary N) is 2. The van der Waals surface area contributed by atoms with Gasteiger partial charge in [-0.15, -0.1) is 11.3 Å². The van der Waals surface area contributed by atoms with Crippen LogP contribution in [-0.2, 0) is 11.2 Å². The first kappa shape index (κ1) is 18.5. The highest BCUT2D eigenvalue weighted by Gasteiger charge is 2.43. The number of piperazine rings is 1.